The van der Waals surface area contributed by atoms with Crippen LogP contribution in [0.4, 0.5) is 14.5 Å². The van der Waals surface area contributed by atoms with Crippen molar-refractivity contribution < 1.29 is 27.8 Å². The van der Waals surface area contributed by atoms with E-state index in [4.69, 9.17) is 9.47 Å². The number of methoxy groups -OCH3 is 2. The quantitative estimate of drug-likeness (QED) is 0.389. The van der Waals surface area contributed by atoms with Gasteiger partial charge in [-0.1, -0.05) is 6.58 Å². The summed E-state index contributed by atoms with van der Waals surface area (Å²) in [5.74, 6) is -3.65. The lowest BCUT2D eigenvalue weighted by molar-refractivity contribution is -0.111. The van der Waals surface area contributed by atoms with E-state index in [0.717, 1.165) is 12.1 Å². The number of allylic oxidation sites excluding steroid dienone is 1. The molecular weight excluding hydrogens is 460 g/mol. The Morgan fingerprint density at radius 2 is 1.91 bits per heavy atom. The average Bonchev–Trinajstić information content (AvgIpc) is 3.41. The lowest BCUT2D eigenvalue weighted by Gasteiger charge is -2.12. The minimum atomic E-state index is -1.11. The molecule has 0 saturated carbocycles. The molecule has 0 radical (unpaired) electrons. The van der Waals surface area contributed by atoms with Crippen molar-refractivity contribution in [3.05, 3.63) is 76.7 Å². The first-order valence-electron chi connectivity index (χ1n) is 10.4. The summed E-state index contributed by atoms with van der Waals surface area (Å²) in [5, 5.41) is 7.01. The zero-order valence-electron chi connectivity index (χ0n) is 19.2. The normalized spacial score (nSPS) is 12.1. The number of amides is 1. The molecule has 180 valence electrons. The summed E-state index contributed by atoms with van der Waals surface area (Å²) >= 11 is 0. The van der Waals surface area contributed by atoms with Crippen LogP contribution in [0.3, 0.4) is 0 Å². The van der Waals surface area contributed by atoms with Crippen LogP contribution in [-0.4, -0.2) is 45.7 Å². The number of hydrogen-bond donors (Lipinski definition) is 1. The van der Waals surface area contributed by atoms with Gasteiger partial charge in [0.05, 0.1) is 37.7 Å². The number of aryl methyl sites for hydroxylation is 1. The molecule has 1 N–H and O–H groups in total. The lowest BCUT2D eigenvalue weighted by atomic mass is 10.00. The number of aromatic nitrogens is 4. The Balaban J connectivity index is 1.63. The molecule has 0 spiro atoms. The summed E-state index contributed by atoms with van der Waals surface area (Å²) in [4.78, 5) is 33.6. The summed E-state index contributed by atoms with van der Waals surface area (Å²) in [6.07, 6.45) is 6.14. The Hall–Kier alpha value is -4.41. The van der Waals surface area contributed by atoms with E-state index < -0.39 is 23.0 Å². The van der Waals surface area contributed by atoms with Crippen LogP contribution in [0.2, 0.25) is 0 Å². The van der Waals surface area contributed by atoms with Crippen LogP contribution in [0, 0.1) is 11.6 Å². The number of ketones is 1. The highest BCUT2D eigenvalue weighted by Crippen LogP contribution is 2.35. The van der Waals surface area contributed by atoms with E-state index in [-0.39, 0.29) is 35.8 Å². The molecule has 9 nitrogen and oxygen atoms in total. The number of carbonyl (C=O) groups excluding carboxylic acids is 2. The van der Waals surface area contributed by atoms with Gasteiger partial charge < -0.3 is 14.8 Å². The molecule has 0 fully saturated rings. The largest absolute Gasteiger partial charge is 0.494 e. The molecule has 0 bridgehead atoms. The smallest absolute Gasteiger partial charge is 0.247 e. The fourth-order valence-corrected chi connectivity index (χ4v) is 3.72. The second kappa shape index (κ2) is 9.45. The van der Waals surface area contributed by atoms with E-state index in [9.17, 15) is 18.4 Å². The minimum absolute atomic E-state index is 0.108. The number of Topliss-reactive ketones (excluding diaryl/α,β-unsaturated/α-hetero) is 1. The van der Waals surface area contributed by atoms with Gasteiger partial charge in [0, 0.05) is 43.1 Å². The Labute approximate surface area is 199 Å². The molecule has 0 aliphatic heterocycles. The fraction of sp³-hybridized carbons (Fsp3) is 0.208. The van der Waals surface area contributed by atoms with Gasteiger partial charge >= 0.3 is 0 Å². The molecule has 2 heterocycles. The first kappa shape index (κ1) is 23.7. The van der Waals surface area contributed by atoms with Crippen molar-refractivity contribution in [1.82, 2.24) is 19.7 Å². The Morgan fingerprint density at radius 3 is 2.54 bits per heavy atom. The fourth-order valence-electron chi connectivity index (χ4n) is 3.72. The van der Waals surface area contributed by atoms with E-state index >= 15 is 0 Å². The first-order valence-corrected chi connectivity index (χ1v) is 10.4. The maximum absolute atomic E-state index is 14.8. The van der Waals surface area contributed by atoms with Crippen LogP contribution in [0.15, 0.2) is 36.7 Å². The standard InChI is InChI=1S/C24H21F2N5O4/c1-5-20(32)29-16-11-31(2)30-15(16)8-19-27-10-13-6-12(7-14(13)28-19)24(33)21-22(25)17(34-3)9-18(35-4)23(21)26/h5,7,9-11H,1,6,8H2,2-4H3,(H,29,32). The van der Waals surface area contributed by atoms with Crippen molar-refractivity contribution >= 4 is 23.5 Å². The van der Waals surface area contributed by atoms with Gasteiger partial charge in [0.1, 0.15) is 11.4 Å². The third-order valence-electron chi connectivity index (χ3n) is 5.41. The van der Waals surface area contributed by atoms with Crippen molar-refractivity contribution in [2.45, 2.75) is 12.8 Å². The zero-order chi connectivity index (χ0) is 25.3. The molecule has 1 amide bonds. The zero-order valence-corrected chi connectivity index (χ0v) is 19.2. The van der Waals surface area contributed by atoms with E-state index in [1.54, 1.807) is 24.1 Å². The van der Waals surface area contributed by atoms with Gasteiger partial charge in [-0.3, -0.25) is 14.3 Å². The minimum Gasteiger partial charge on any atom is -0.494 e. The van der Waals surface area contributed by atoms with E-state index in [1.807, 2.05) is 0 Å². The second-order valence-corrected chi connectivity index (χ2v) is 7.69. The molecule has 4 rings (SSSR count). The van der Waals surface area contributed by atoms with Gasteiger partial charge in [0.2, 0.25) is 5.91 Å². The molecule has 2 aromatic heterocycles. The van der Waals surface area contributed by atoms with Crippen LogP contribution in [-0.2, 0) is 24.7 Å². The molecule has 1 aromatic carbocycles. The topological polar surface area (TPSA) is 108 Å². The third kappa shape index (κ3) is 4.52. The van der Waals surface area contributed by atoms with Gasteiger partial charge in [-0.25, -0.2) is 18.7 Å². The van der Waals surface area contributed by atoms with Crippen LogP contribution in [0.5, 0.6) is 11.5 Å². The Bertz CT molecular complexity index is 1370. The molecule has 0 atom stereocenters. The van der Waals surface area contributed by atoms with Crippen LogP contribution >= 0.6 is 0 Å². The molecule has 3 aromatic rings. The number of benzene rings is 1. The van der Waals surface area contributed by atoms with Gasteiger partial charge in [0.25, 0.3) is 0 Å². The predicted molar refractivity (Wildman–Crippen MR) is 122 cm³/mol. The van der Waals surface area contributed by atoms with E-state index in [0.29, 0.717) is 28.5 Å². The van der Waals surface area contributed by atoms with Gasteiger partial charge in [-0.05, 0) is 12.2 Å². The van der Waals surface area contributed by atoms with Gasteiger partial charge in [-0.2, -0.15) is 5.10 Å². The number of nitrogens with one attached hydrogen (secondary N) is 1. The predicted octanol–water partition coefficient (Wildman–Crippen LogP) is 3.04. The van der Waals surface area contributed by atoms with Crippen molar-refractivity contribution in [2.75, 3.05) is 19.5 Å². The number of anilines is 1. The van der Waals surface area contributed by atoms with Gasteiger partial charge in [-0.15, -0.1) is 0 Å². The van der Waals surface area contributed by atoms with Crippen LogP contribution in [0.25, 0.3) is 6.08 Å². The molecule has 1 aliphatic rings. The Kier molecular flexibility index (Phi) is 6.41. The monoisotopic (exact) mass is 481 g/mol. The SMILES string of the molecule is C=CC(=O)Nc1cn(C)nc1Cc1ncc2c(n1)C=C(C(=O)c1c(F)c(OC)cc(OC)c1F)C2. The number of fused-ring (bicyclic) bond motifs is 1. The number of hydrogen-bond acceptors (Lipinski definition) is 7. The van der Waals surface area contributed by atoms with Crippen molar-refractivity contribution in [2.24, 2.45) is 7.05 Å². The molecule has 0 saturated heterocycles. The van der Waals surface area contributed by atoms with E-state index in [2.05, 4.69) is 27.0 Å². The molecule has 1 aliphatic carbocycles. The summed E-state index contributed by atoms with van der Waals surface area (Å²) in [6, 6.07) is 1.04. The number of nitrogens with zero attached hydrogens (tertiary/aromatic N) is 4. The first-order chi connectivity index (χ1) is 16.7. The number of ether oxygens (including phenoxy) is 2. The maximum Gasteiger partial charge on any atom is 0.247 e. The van der Waals surface area contributed by atoms with Gasteiger partial charge in [0.15, 0.2) is 28.9 Å². The molecule has 0 unspecified atom stereocenters. The highest BCUT2D eigenvalue weighted by molar-refractivity contribution is 6.13. The molecule has 35 heavy (non-hydrogen) atoms. The maximum atomic E-state index is 14.8. The van der Waals surface area contributed by atoms with Crippen molar-refractivity contribution in [3.8, 4) is 11.5 Å². The summed E-state index contributed by atoms with van der Waals surface area (Å²) in [7, 11) is 4.13. The summed E-state index contributed by atoms with van der Waals surface area (Å²) in [5.41, 5.74) is 1.51. The van der Waals surface area contributed by atoms with Crippen molar-refractivity contribution in [1.29, 1.82) is 0 Å². The second-order valence-electron chi connectivity index (χ2n) is 7.69. The number of halogens is 2. The lowest BCUT2D eigenvalue weighted by Crippen LogP contribution is -2.11. The van der Waals surface area contributed by atoms with Crippen LogP contribution in [0.1, 0.15) is 33.1 Å². The highest BCUT2D eigenvalue weighted by atomic mass is 19.1. The number of carbonyl (C=O) groups is 2. The average molecular weight is 481 g/mol. The van der Waals surface area contributed by atoms with E-state index in [1.165, 1.54) is 20.3 Å². The molecular formula is C24H21F2N5O4. The number of rotatable bonds is 8. The molecule has 11 heteroatoms. The Morgan fingerprint density at radius 1 is 1.23 bits per heavy atom. The summed E-state index contributed by atoms with van der Waals surface area (Å²) < 4.78 is 41.0. The third-order valence-corrected chi connectivity index (χ3v) is 5.41. The van der Waals surface area contributed by atoms with Crippen molar-refractivity contribution in [3.63, 3.8) is 0 Å². The highest BCUT2D eigenvalue weighted by Gasteiger charge is 2.30. The van der Waals surface area contributed by atoms with Crippen LogP contribution < -0.4 is 14.8 Å². The summed E-state index contributed by atoms with van der Waals surface area (Å²) in [6.45, 7) is 3.43.